The molecule has 1 aliphatic heterocycles. The molecule has 1 aliphatic rings. The number of carbonyl (C=O) groups is 2. The lowest BCUT2D eigenvalue weighted by molar-refractivity contribution is -0.113. The van der Waals surface area contributed by atoms with E-state index in [1.807, 2.05) is 35.0 Å². The molecule has 4 rings (SSSR count). The van der Waals surface area contributed by atoms with Crippen LogP contribution in [0.25, 0.3) is 17.0 Å². The monoisotopic (exact) mass is 375 g/mol. The van der Waals surface area contributed by atoms with Gasteiger partial charge >= 0.3 is 6.03 Å². The maximum absolute atomic E-state index is 12.8. The van der Waals surface area contributed by atoms with Crippen molar-refractivity contribution in [1.29, 1.82) is 0 Å². The van der Waals surface area contributed by atoms with Gasteiger partial charge in [0.25, 0.3) is 5.91 Å². The second-order valence-corrected chi connectivity index (χ2v) is 6.48. The molecule has 0 spiro atoms. The summed E-state index contributed by atoms with van der Waals surface area (Å²) in [6, 6.07) is 13.8. The number of terminal acetylenes is 1. The number of hydrogen-bond donors (Lipinski definition) is 1. The number of anilines is 1. The first kappa shape index (κ1) is 17.0. The highest BCUT2D eigenvalue weighted by Crippen LogP contribution is 2.27. The van der Waals surface area contributed by atoms with Crippen molar-refractivity contribution in [2.45, 2.75) is 6.54 Å². The van der Waals surface area contributed by atoms with Gasteiger partial charge in [0.2, 0.25) is 0 Å². The zero-order valence-corrected chi connectivity index (χ0v) is 14.9. The van der Waals surface area contributed by atoms with Gasteiger partial charge in [0.05, 0.1) is 12.2 Å². The van der Waals surface area contributed by atoms with E-state index in [2.05, 4.69) is 11.2 Å². The smallest absolute Gasteiger partial charge is 0.333 e. The van der Waals surface area contributed by atoms with Crippen molar-refractivity contribution in [3.05, 3.63) is 71.0 Å². The summed E-state index contributed by atoms with van der Waals surface area (Å²) in [5.41, 5.74) is 2.38. The number of hydrogen-bond acceptors (Lipinski definition) is 2. The number of benzene rings is 2. The number of carbonyl (C=O) groups excluding carboxylic acids is 2. The fourth-order valence-corrected chi connectivity index (χ4v) is 3.34. The Balaban J connectivity index is 1.76. The summed E-state index contributed by atoms with van der Waals surface area (Å²) in [5.74, 6) is 2.18. The number of amides is 3. The summed E-state index contributed by atoms with van der Waals surface area (Å²) < 4.78 is 1.93. The number of urea groups is 1. The minimum absolute atomic E-state index is 0.198. The van der Waals surface area contributed by atoms with E-state index in [4.69, 9.17) is 18.0 Å². The van der Waals surface area contributed by atoms with Crippen LogP contribution in [0.15, 0.2) is 60.4 Å². The molecule has 0 aliphatic carbocycles. The van der Waals surface area contributed by atoms with Crippen LogP contribution in [-0.4, -0.2) is 16.5 Å². The maximum atomic E-state index is 12.8. The lowest BCUT2D eigenvalue weighted by atomic mass is 10.1. The summed E-state index contributed by atoms with van der Waals surface area (Å²) in [6.45, 7) is 0.415. The Morgan fingerprint density at radius 2 is 1.96 bits per heavy atom. The summed E-state index contributed by atoms with van der Waals surface area (Å²) in [6.07, 6.45) is 8.99. The molecule has 0 radical (unpaired) electrons. The van der Waals surface area contributed by atoms with Crippen molar-refractivity contribution in [2.24, 2.45) is 0 Å². The largest absolute Gasteiger partial charge is 0.335 e. The Labute approximate surface area is 160 Å². The van der Waals surface area contributed by atoms with Gasteiger partial charge in [-0.25, -0.2) is 9.69 Å². The van der Waals surface area contributed by atoms with Crippen molar-refractivity contribution in [2.75, 3.05) is 4.90 Å². The predicted octanol–water partition coefficient (Wildman–Crippen LogP) is 4.03. The molecule has 2 aromatic carbocycles. The number of rotatable bonds is 3. The Morgan fingerprint density at radius 1 is 1.15 bits per heavy atom. The average Bonchev–Trinajstić information content (AvgIpc) is 3.13. The molecule has 6 heteroatoms. The van der Waals surface area contributed by atoms with Crippen LogP contribution in [0.3, 0.4) is 0 Å². The first-order valence-electron chi connectivity index (χ1n) is 8.22. The summed E-state index contributed by atoms with van der Waals surface area (Å²) >= 11 is 5.98. The number of nitrogens with one attached hydrogen (secondary N) is 1. The summed E-state index contributed by atoms with van der Waals surface area (Å²) in [7, 11) is 0. The van der Waals surface area contributed by atoms with Crippen LogP contribution in [0.1, 0.15) is 5.56 Å². The number of halogens is 1. The van der Waals surface area contributed by atoms with Crippen LogP contribution in [0, 0.1) is 12.3 Å². The third-order valence-electron chi connectivity index (χ3n) is 4.33. The van der Waals surface area contributed by atoms with Gasteiger partial charge in [-0.15, -0.1) is 6.42 Å². The number of nitrogens with zero attached hydrogens (tertiary/aromatic N) is 2. The highest BCUT2D eigenvalue weighted by atomic mass is 35.5. The lowest BCUT2D eigenvalue weighted by Crippen LogP contribution is -2.30. The molecule has 0 bridgehead atoms. The van der Waals surface area contributed by atoms with Crippen molar-refractivity contribution in [1.82, 2.24) is 9.88 Å². The average molecular weight is 376 g/mol. The number of para-hydroxylation sites is 1. The minimum Gasteiger partial charge on any atom is -0.335 e. The van der Waals surface area contributed by atoms with Crippen molar-refractivity contribution in [3.8, 4) is 12.3 Å². The molecule has 2 heterocycles. The molecule has 1 aromatic heterocycles. The minimum atomic E-state index is -0.513. The maximum Gasteiger partial charge on any atom is 0.333 e. The SMILES string of the molecule is C#CCn1cc(/C=C2\NC(=O)N(c3cccc(Cl)c3)C2=O)c2ccccc21. The number of aromatic nitrogens is 1. The molecule has 27 heavy (non-hydrogen) atoms. The summed E-state index contributed by atoms with van der Waals surface area (Å²) in [5, 5.41) is 4.03. The number of imide groups is 1. The van der Waals surface area contributed by atoms with Gasteiger partial charge in [-0.2, -0.15) is 0 Å². The zero-order valence-electron chi connectivity index (χ0n) is 14.1. The van der Waals surface area contributed by atoms with Crippen molar-refractivity contribution in [3.63, 3.8) is 0 Å². The van der Waals surface area contributed by atoms with Gasteiger partial charge in [0.1, 0.15) is 5.70 Å². The van der Waals surface area contributed by atoms with Crippen LogP contribution in [0.2, 0.25) is 5.02 Å². The molecular weight excluding hydrogens is 362 g/mol. The van der Waals surface area contributed by atoms with E-state index in [1.54, 1.807) is 30.3 Å². The molecule has 0 saturated carbocycles. The molecule has 132 valence electrons. The molecule has 0 unspecified atom stereocenters. The molecule has 1 fully saturated rings. The van der Waals surface area contributed by atoms with E-state index in [-0.39, 0.29) is 5.70 Å². The quantitative estimate of drug-likeness (QED) is 0.427. The van der Waals surface area contributed by atoms with E-state index in [1.165, 1.54) is 0 Å². The van der Waals surface area contributed by atoms with Gasteiger partial charge in [-0.05, 0) is 30.3 Å². The second kappa shape index (κ2) is 6.67. The van der Waals surface area contributed by atoms with E-state index in [9.17, 15) is 9.59 Å². The van der Waals surface area contributed by atoms with Crippen LogP contribution >= 0.6 is 11.6 Å². The first-order chi connectivity index (χ1) is 13.1. The zero-order chi connectivity index (χ0) is 19.0. The van der Waals surface area contributed by atoms with Crippen molar-refractivity contribution >= 4 is 46.2 Å². The number of fused-ring (bicyclic) bond motifs is 1. The normalized spacial score (nSPS) is 15.4. The molecule has 5 nitrogen and oxygen atoms in total. The summed E-state index contributed by atoms with van der Waals surface area (Å²) in [4.78, 5) is 26.2. The third-order valence-corrected chi connectivity index (χ3v) is 4.56. The first-order valence-corrected chi connectivity index (χ1v) is 8.60. The van der Waals surface area contributed by atoms with E-state index in [0.717, 1.165) is 21.4 Å². The standard InChI is InChI=1S/C21H14ClN3O2/c1-2-10-24-13-14(17-8-3-4-9-19(17)24)11-18-20(26)25(21(27)23-18)16-7-5-6-15(22)12-16/h1,3-9,11-13H,10H2,(H,23,27)/b18-11-. The van der Waals surface area contributed by atoms with Crippen LogP contribution in [0.4, 0.5) is 10.5 Å². The van der Waals surface area contributed by atoms with E-state index in [0.29, 0.717) is 17.3 Å². The van der Waals surface area contributed by atoms with E-state index >= 15 is 0 Å². The second-order valence-electron chi connectivity index (χ2n) is 6.04. The van der Waals surface area contributed by atoms with Gasteiger partial charge in [-0.3, -0.25) is 4.79 Å². The highest BCUT2D eigenvalue weighted by molar-refractivity contribution is 6.32. The topological polar surface area (TPSA) is 54.3 Å². The van der Waals surface area contributed by atoms with Crippen LogP contribution in [0.5, 0.6) is 0 Å². The van der Waals surface area contributed by atoms with Crippen molar-refractivity contribution < 1.29 is 9.59 Å². The van der Waals surface area contributed by atoms with Gasteiger partial charge in [0, 0.05) is 27.7 Å². The van der Waals surface area contributed by atoms with Crippen LogP contribution < -0.4 is 10.2 Å². The predicted molar refractivity (Wildman–Crippen MR) is 106 cm³/mol. The molecule has 1 saturated heterocycles. The Kier molecular flexibility index (Phi) is 4.19. The van der Waals surface area contributed by atoms with Gasteiger partial charge in [0.15, 0.2) is 0 Å². The van der Waals surface area contributed by atoms with Gasteiger partial charge < -0.3 is 9.88 Å². The molecular formula is C21H14ClN3O2. The Hall–Kier alpha value is -3.49. The molecule has 3 aromatic rings. The Morgan fingerprint density at radius 3 is 2.74 bits per heavy atom. The fraction of sp³-hybridized carbons (Fsp3) is 0.0476. The van der Waals surface area contributed by atoms with Crippen LogP contribution in [-0.2, 0) is 11.3 Å². The highest BCUT2D eigenvalue weighted by Gasteiger charge is 2.35. The molecule has 3 amide bonds. The van der Waals surface area contributed by atoms with E-state index < -0.39 is 11.9 Å². The lowest BCUT2D eigenvalue weighted by Gasteiger charge is -2.11. The fourth-order valence-electron chi connectivity index (χ4n) is 3.16. The Bertz CT molecular complexity index is 1150. The van der Waals surface area contributed by atoms with Gasteiger partial charge in [-0.1, -0.05) is 41.8 Å². The molecule has 1 N–H and O–H groups in total. The third kappa shape index (κ3) is 2.97. The molecule has 0 atom stereocenters.